The van der Waals surface area contributed by atoms with Crippen LogP contribution < -0.4 is 14.2 Å². The van der Waals surface area contributed by atoms with Gasteiger partial charge < -0.3 is 18.9 Å². The van der Waals surface area contributed by atoms with E-state index in [1.54, 1.807) is 21.3 Å². The van der Waals surface area contributed by atoms with Crippen molar-refractivity contribution in [3.63, 3.8) is 0 Å². The lowest BCUT2D eigenvalue weighted by Crippen LogP contribution is -2.53. The number of rotatable bonds is 6. The Morgan fingerprint density at radius 2 is 1.44 bits per heavy atom. The van der Waals surface area contributed by atoms with Gasteiger partial charge >= 0.3 is 0 Å². The predicted molar refractivity (Wildman–Crippen MR) is 106 cm³/mol. The van der Waals surface area contributed by atoms with Crippen LogP contribution in [0.5, 0.6) is 17.2 Å². The fourth-order valence-corrected chi connectivity index (χ4v) is 4.42. The minimum atomic E-state index is 0.336. The Bertz CT molecular complexity index is 606. The molecule has 0 aromatic heterocycles. The third kappa shape index (κ3) is 4.86. The second-order valence-corrected chi connectivity index (χ2v) is 7.74. The average molecular weight is 379 g/mol. The van der Waals surface area contributed by atoms with Gasteiger partial charge in [-0.15, -0.1) is 0 Å². The molecule has 0 amide bonds. The molecular formula is C21H34N2O4. The molecule has 1 aromatic carbocycles. The van der Waals surface area contributed by atoms with E-state index < -0.39 is 0 Å². The van der Waals surface area contributed by atoms with Crippen molar-refractivity contribution >= 4 is 0 Å². The van der Waals surface area contributed by atoms with Gasteiger partial charge in [-0.25, -0.2) is 0 Å². The third-order valence-electron chi connectivity index (χ3n) is 5.70. The molecule has 6 heteroatoms. The monoisotopic (exact) mass is 378 g/mol. The molecule has 2 aliphatic heterocycles. The van der Waals surface area contributed by atoms with Crippen molar-refractivity contribution in [1.82, 2.24) is 9.80 Å². The summed E-state index contributed by atoms with van der Waals surface area (Å²) in [6.45, 7) is 9.54. The van der Waals surface area contributed by atoms with E-state index in [1.165, 1.54) is 12.8 Å². The van der Waals surface area contributed by atoms with Gasteiger partial charge in [-0.05, 0) is 45.8 Å². The zero-order valence-electron chi connectivity index (χ0n) is 17.4. The fraction of sp³-hybridized carbons (Fsp3) is 0.714. The topological polar surface area (TPSA) is 43.4 Å². The SMILES string of the molecule is COc1cc(OC)c(OC)cc1CN1CCC(N2C[C@H](C)O[C@@H](C)C2)CC1. The van der Waals surface area contributed by atoms with Gasteiger partial charge in [0, 0.05) is 37.3 Å². The standard InChI is InChI=1S/C21H34N2O4/c1-15-12-23(13-16(2)27-15)18-6-8-22(9-7-18)14-17-10-20(25-4)21(26-5)11-19(17)24-3/h10-11,15-16,18H,6-9,12-14H2,1-5H3/t15-,16-/m0/s1. The Hall–Kier alpha value is -1.50. The smallest absolute Gasteiger partial charge is 0.164 e. The lowest BCUT2D eigenvalue weighted by molar-refractivity contribution is -0.0865. The fourth-order valence-electron chi connectivity index (χ4n) is 4.42. The molecule has 2 atom stereocenters. The summed E-state index contributed by atoms with van der Waals surface area (Å²) in [6, 6.07) is 4.62. The largest absolute Gasteiger partial charge is 0.496 e. The molecule has 0 spiro atoms. The van der Waals surface area contributed by atoms with Gasteiger partial charge in [0.1, 0.15) is 5.75 Å². The van der Waals surface area contributed by atoms with Crippen LogP contribution in [0.4, 0.5) is 0 Å². The van der Waals surface area contributed by atoms with Gasteiger partial charge in [-0.2, -0.15) is 0 Å². The normalized spacial score (nSPS) is 25.4. The number of hydrogen-bond acceptors (Lipinski definition) is 6. The van der Waals surface area contributed by atoms with Crippen molar-refractivity contribution in [2.75, 3.05) is 47.5 Å². The minimum Gasteiger partial charge on any atom is -0.496 e. The number of likely N-dealkylation sites (tertiary alicyclic amines) is 1. The summed E-state index contributed by atoms with van der Waals surface area (Å²) < 4.78 is 22.3. The molecule has 0 N–H and O–H groups in total. The van der Waals surface area contributed by atoms with Gasteiger partial charge in [0.2, 0.25) is 0 Å². The van der Waals surface area contributed by atoms with E-state index in [1.807, 2.05) is 12.1 Å². The van der Waals surface area contributed by atoms with Crippen LogP contribution in [-0.4, -0.2) is 75.6 Å². The molecule has 0 radical (unpaired) electrons. The molecule has 2 heterocycles. The molecule has 1 aromatic rings. The van der Waals surface area contributed by atoms with E-state index in [4.69, 9.17) is 18.9 Å². The molecule has 0 unspecified atom stereocenters. The molecule has 152 valence electrons. The number of morpholine rings is 1. The van der Waals surface area contributed by atoms with Crippen LogP contribution in [-0.2, 0) is 11.3 Å². The highest BCUT2D eigenvalue weighted by atomic mass is 16.5. The van der Waals surface area contributed by atoms with Crippen molar-refractivity contribution in [2.24, 2.45) is 0 Å². The highest BCUT2D eigenvalue weighted by molar-refractivity contribution is 5.50. The van der Waals surface area contributed by atoms with Crippen molar-refractivity contribution in [2.45, 2.75) is 51.5 Å². The summed E-state index contributed by atoms with van der Waals surface area (Å²) in [5.41, 5.74) is 1.14. The lowest BCUT2D eigenvalue weighted by atomic mass is 10.0. The first-order valence-electron chi connectivity index (χ1n) is 9.94. The first-order chi connectivity index (χ1) is 13.0. The second-order valence-electron chi connectivity index (χ2n) is 7.74. The highest BCUT2D eigenvalue weighted by Crippen LogP contribution is 2.35. The molecule has 3 rings (SSSR count). The van der Waals surface area contributed by atoms with E-state index in [0.717, 1.165) is 49.8 Å². The first kappa shape index (κ1) is 20.2. The van der Waals surface area contributed by atoms with Crippen LogP contribution >= 0.6 is 0 Å². The Morgan fingerprint density at radius 1 is 0.889 bits per heavy atom. The third-order valence-corrected chi connectivity index (χ3v) is 5.70. The van der Waals surface area contributed by atoms with Crippen molar-refractivity contribution < 1.29 is 18.9 Å². The maximum absolute atomic E-state index is 5.89. The Balaban J connectivity index is 1.60. The van der Waals surface area contributed by atoms with Crippen molar-refractivity contribution in [3.05, 3.63) is 17.7 Å². The van der Waals surface area contributed by atoms with Crippen LogP contribution in [0, 0.1) is 0 Å². The van der Waals surface area contributed by atoms with Crippen LogP contribution in [0.3, 0.4) is 0 Å². The van der Waals surface area contributed by atoms with Gasteiger partial charge in [0.15, 0.2) is 11.5 Å². The predicted octanol–water partition coefficient (Wildman–Crippen LogP) is 2.79. The van der Waals surface area contributed by atoms with Gasteiger partial charge in [-0.1, -0.05) is 0 Å². The number of benzene rings is 1. The summed E-state index contributed by atoms with van der Waals surface area (Å²) in [4.78, 5) is 5.14. The van der Waals surface area contributed by atoms with Gasteiger partial charge in [-0.3, -0.25) is 9.80 Å². The maximum Gasteiger partial charge on any atom is 0.164 e. The molecule has 6 nitrogen and oxygen atoms in total. The van der Waals surface area contributed by atoms with E-state index >= 15 is 0 Å². The average Bonchev–Trinajstić information content (AvgIpc) is 2.67. The minimum absolute atomic E-state index is 0.336. The summed E-state index contributed by atoms with van der Waals surface area (Å²) >= 11 is 0. The van der Waals surface area contributed by atoms with Crippen LogP contribution in [0.1, 0.15) is 32.3 Å². The number of piperidine rings is 1. The van der Waals surface area contributed by atoms with Crippen molar-refractivity contribution in [3.8, 4) is 17.2 Å². The van der Waals surface area contributed by atoms with E-state index in [9.17, 15) is 0 Å². The van der Waals surface area contributed by atoms with Gasteiger partial charge in [0.25, 0.3) is 0 Å². The second kappa shape index (κ2) is 9.13. The Labute approximate surface area is 163 Å². The van der Waals surface area contributed by atoms with Gasteiger partial charge in [0.05, 0.1) is 33.5 Å². The highest BCUT2D eigenvalue weighted by Gasteiger charge is 2.30. The summed E-state index contributed by atoms with van der Waals surface area (Å²) in [6.07, 6.45) is 3.08. The zero-order valence-corrected chi connectivity index (χ0v) is 17.4. The molecule has 0 aliphatic carbocycles. The molecule has 0 saturated carbocycles. The summed E-state index contributed by atoms with van der Waals surface area (Å²) in [5.74, 6) is 2.30. The Morgan fingerprint density at radius 3 is 2.00 bits per heavy atom. The first-order valence-corrected chi connectivity index (χ1v) is 9.94. The summed E-state index contributed by atoms with van der Waals surface area (Å²) in [7, 11) is 5.02. The van der Waals surface area contributed by atoms with E-state index in [2.05, 4.69) is 23.6 Å². The zero-order chi connectivity index (χ0) is 19.4. The molecule has 0 bridgehead atoms. The number of hydrogen-bond donors (Lipinski definition) is 0. The van der Waals surface area contributed by atoms with E-state index in [0.29, 0.717) is 24.0 Å². The number of nitrogens with zero attached hydrogens (tertiary/aromatic N) is 2. The molecule has 2 aliphatic rings. The molecular weight excluding hydrogens is 344 g/mol. The quantitative estimate of drug-likeness (QED) is 0.758. The molecule has 2 fully saturated rings. The maximum atomic E-state index is 5.89. The Kier molecular flexibility index (Phi) is 6.84. The van der Waals surface area contributed by atoms with Crippen LogP contribution in [0.25, 0.3) is 0 Å². The van der Waals surface area contributed by atoms with Crippen LogP contribution in [0.15, 0.2) is 12.1 Å². The molecule has 27 heavy (non-hydrogen) atoms. The lowest BCUT2D eigenvalue weighted by Gasteiger charge is -2.43. The summed E-state index contributed by atoms with van der Waals surface area (Å²) in [5, 5.41) is 0. The van der Waals surface area contributed by atoms with E-state index in [-0.39, 0.29) is 0 Å². The molecule has 2 saturated heterocycles. The number of methoxy groups -OCH3 is 3. The van der Waals surface area contributed by atoms with Crippen LogP contribution in [0.2, 0.25) is 0 Å². The number of ether oxygens (including phenoxy) is 4. The van der Waals surface area contributed by atoms with Crippen molar-refractivity contribution in [1.29, 1.82) is 0 Å².